The van der Waals surface area contributed by atoms with Gasteiger partial charge in [0.2, 0.25) is 0 Å². The number of thiophene rings is 1. The second kappa shape index (κ2) is 6.29. The van der Waals surface area contributed by atoms with Gasteiger partial charge in [-0.05, 0) is 29.3 Å². The maximum absolute atomic E-state index is 11.9. The van der Waals surface area contributed by atoms with Gasteiger partial charge in [0, 0.05) is 11.3 Å². The number of rotatable bonds is 4. The van der Waals surface area contributed by atoms with E-state index in [1.54, 1.807) is 11.3 Å². The van der Waals surface area contributed by atoms with E-state index >= 15 is 0 Å². The van der Waals surface area contributed by atoms with Crippen LogP contribution in [-0.2, 0) is 9.53 Å². The molecule has 19 heavy (non-hydrogen) atoms. The van der Waals surface area contributed by atoms with E-state index in [1.165, 1.54) is 16.9 Å². The summed E-state index contributed by atoms with van der Waals surface area (Å²) in [6.07, 6.45) is 1.05. The van der Waals surface area contributed by atoms with Gasteiger partial charge in [0.15, 0.2) is 0 Å². The molecule has 1 aromatic rings. The van der Waals surface area contributed by atoms with Crippen LogP contribution in [0.3, 0.4) is 0 Å². The highest BCUT2D eigenvalue weighted by Gasteiger charge is 2.31. The summed E-state index contributed by atoms with van der Waals surface area (Å²) < 4.78 is 6.29. The zero-order valence-electron chi connectivity index (χ0n) is 11.8. The van der Waals surface area contributed by atoms with E-state index in [-0.39, 0.29) is 24.0 Å². The quantitative estimate of drug-likeness (QED) is 0.864. The molecule has 3 atom stereocenters. The number of ether oxygens (including phenoxy) is 1. The van der Waals surface area contributed by atoms with Crippen molar-refractivity contribution in [3.63, 3.8) is 0 Å². The monoisotopic (exact) mass is 299 g/mol. The van der Waals surface area contributed by atoms with Gasteiger partial charge in [-0.2, -0.15) is 0 Å². The molecule has 3 nitrogen and oxygen atoms in total. The summed E-state index contributed by atoms with van der Waals surface area (Å²) in [6, 6.07) is 2.19. The standard InChI is InChI=1S/C14H21NO2S2/c1-8(2)12(13(16)17-4)15-11-7-9(3)19-14-10(11)5-6-18-14/h5-6,8-9,11-12,15H,7H2,1-4H3/t9-,11?,12-/m0/s1. The Hall–Kier alpha value is -0.520. The van der Waals surface area contributed by atoms with Crippen molar-refractivity contribution >= 4 is 29.1 Å². The molecule has 106 valence electrons. The molecule has 1 unspecified atom stereocenters. The van der Waals surface area contributed by atoms with Crippen LogP contribution >= 0.6 is 23.1 Å². The fraction of sp³-hybridized carbons (Fsp3) is 0.643. The molecule has 5 heteroatoms. The molecule has 0 bridgehead atoms. The summed E-state index contributed by atoms with van der Waals surface area (Å²) in [5.41, 5.74) is 1.34. The smallest absolute Gasteiger partial charge is 0.323 e. The summed E-state index contributed by atoms with van der Waals surface area (Å²) in [4.78, 5) is 11.9. The van der Waals surface area contributed by atoms with Crippen LogP contribution < -0.4 is 5.32 Å². The molecule has 0 spiro atoms. The predicted molar refractivity (Wildman–Crippen MR) is 80.8 cm³/mol. The van der Waals surface area contributed by atoms with Crippen LogP contribution in [0, 0.1) is 5.92 Å². The molecular formula is C14H21NO2S2. The number of fused-ring (bicyclic) bond motifs is 1. The summed E-state index contributed by atoms with van der Waals surface area (Å²) in [7, 11) is 1.45. The lowest BCUT2D eigenvalue weighted by atomic mass is 9.99. The van der Waals surface area contributed by atoms with Crippen molar-refractivity contribution in [1.82, 2.24) is 5.32 Å². The molecule has 1 aliphatic rings. The van der Waals surface area contributed by atoms with Crippen molar-refractivity contribution in [1.29, 1.82) is 0 Å². The number of carbonyl (C=O) groups is 1. The summed E-state index contributed by atoms with van der Waals surface area (Å²) in [5, 5.41) is 6.21. The number of thioether (sulfide) groups is 1. The van der Waals surface area contributed by atoms with Crippen LogP contribution in [0.15, 0.2) is 15.7 Å². The van der Waals surface area contributed by atoms with Crippen LogP contribution in [0.25, 0.3) is 0 Å². The zero-order chi connectivity index (χ0) is 14.0. The number of carbonyl (C=O) groups excluding carboxylic acids is 1. The van der Waals surface area contributed by atoms with Crippen molar-refractivity contribution in [3.05, 3.63) is 17.0 Å². The lowest BCUT2D eigenvalue weighted by Gasteiger charge is -2.31. The molecule has 1 aliphatic heterocycles. The van der Waals surface area contributed by atoms with Crippen LogP contribution in [0.4, 0.5) is 0 Å². The minimum absolute atomic E-state index is 0.169. The maximum Gasteiger partial charge on any atom is 0.323 e. The van der Waals surface area contributed by atoms with Gasteiger partial charge < -0.3 is 4.74 Å². The van der Waals surface area contributed by atoms with Gasteiger partial charge in [-0.15, -0.1) is 23.1 Å². The zero-order valence-corrected chi connectivity index (χ0v) is 13.4. The third-order valence-corrected chi connectivity index (χ3v) is 5.76. The average Bonchev–Trinajstić information content (AvgIpc) is 2.82. The highest BCUT2D eigenvalue weighted by Crippen LogP contribution is 2.44. The first kappa shape index (κ1) is 14.9. The second-order valence-electron chi connectivity index (χ2n) is 5.29. The molecule has 0 aromatic carbocycles. The molecule has 1 N–H and O–H groups in total. The summed E-state index contributed by atoms with van der Waals surface area (Å²) >= 11 is 3.72. The molecule has 2 heterocycles. The SMILES string of the molecule is COC(=O)[C@@H](NC1C[C@H](C)Sc2sccc21)C(C)C. The molecule has 0 radical (unpaired) electrons. The number of methoxy groups -OCH3 is 1. The van der Waals surface area contributed by atoms with Gasteiger partial charge >= 0.3 is 5.97 Å². The lowest BCUT2D eigenvalue weighted by Crippen LogP contribution is -2.44. The van der Waals surface area contributed by atoms with Crippen LogP contribution in [0.2, 0.25) is 0 Å². The number of hydrogen-bond acceptors (Lipinski definition) is 5. The van der Waals surface area contributed by atoms with E-state index in [4.69, 9.17) is 4.74 Å². The van der Waals surface area contributed by atoms with Gasteiger partial charge in [0.05, 0.1) is 11.3 Å². The summed E-state index contributed by atoms with van der Waals surface area (Å²) in [6.45, 7) is 6.33. The summed E-state index contributed by atoms with van der Waals surface area (Å²) in [5.74, 6) is 0.0529. The molecule has 1 aromatic heterocycles. The van der Waals surface area contributed by atoms with Gasteiger partial charge in [0.25, 0.3) is 0 Å². The first-order valence-electron chi connectivity index (χ1n) is 6.60. The molecule has 0 aliphatic carbocycles. The van der Waals surface area contributed by atoms with Crippen molar-refractivity contribution in [2.45, 2.75) is 48.7 Å². The fourth-order valence-corrected chi connectivity index (χ4v) is 4.95. The largest absolute Gasteiger partial charge is 0.468 e. The molecular weight excluding hydrogens is 278 g/mol. The minimum Gasteiger partial charge on any atom is -0.468 e. The normalized spacial score (nSPS) is 24.1. The topological polar surface area (TPSA) is 38.3 Å². The van der Waals surface area contributed by atoms with E-state index in [0.717, 1.165) is 6.42 Å². The van der Waals surface area contributed by atoms with E-state index in [0.29, 0.717) is 5.25 Å². The lowest BCUT2D eigenvalue weighted by molar-refractivity contribution is -0.144. The van der Waals surface area contributed by atoms with Crippen molar-refractivity contribution in [3.8, 4) is 0 Å². The molecule has 0 saturated heterocycles. The van der Waals surface area contributed by atoms with E-state index in [2.05, 4.69) is 23.7 Å². The van der Waals surface area contributed by atoms with Crippen LogP contribution in [-0.4, -0.2) is 24.4 Å². The molecule has 0 amide bonds. The van der Waals surface area contributed by atoms with Gasteiger partial charge in [-0.25, -0.2) is 0 Å². The molecule has 0 fully saturated rings. The van der Waals surface area contributed by atoms with Crippen LogP contribution in [0.5, 0.6) is 0 Å². The van der Waals surface area contributed by atoms with E-state index in [9.17, 15) is 4.79 Å². The Morgan fingerprint density at radius 2 is 2.26 bits per heavy atom. The van der Waals surface area contributed by atoms with E-state index in [1.807, 2.05) is 25.6 Å². The van der Waals surface area contributed by atoms with Crippen molar-refractivity contribution in [2.24, 2.45) is 5.92 Å². The maximum atomic E-state index is 11.9. The first-order valence-corrected chi connectivity index (χ1v) is 8.36. The third-order valence-electron chi connectivity index (χ3n) is 3.41. The number of esters is 1. The third kappa shape index (κ3) is 3.33. The van der Waals surface area contributed by atoms with Crippen molar-refractivity contribution in [2.75, 3.05) is 7.11 Å². The highest BCUT2D eigenvalue weighted by molar-refractivity contribution is 8.01. The Morgan fingerprint density at radius 1 is 1.53 bits per heavy atom. The molecule has 2 rings (SSSR count). The Kier molecular flexibility index (Phi) is 4.92. The second-order valence-corrected chi connectivity index (χ2v) is 7.91. The predicted octanol–water partition coefficient (Wildman–Crippen LogP) is 3.46. The Bertz CT molecular complexity index is 444. The molecule has 0 saturated carbocycles. The highest BCUT2D eigenvalue weighted by atomic mass is 32.2. The number of nitrogens with one attached hydrogen (secondary N) is 1. The Morgan fingerprint density at radius 3 is 2.89 bits per heavy atom. The van der Waals surface area contributed by atoms with Crippen LogP contribution in [0.1, 0.15) is 38.8 Å². The average molecular weight is 299 g/mol. The van der Waals surface area contributed by atoms with Gasteiger partial charge in [-0.3, -0.25) is 10.1 Å². The Labute approximate surface area is 123 Å². The minimum atomic E-state index is -0.238. The fourth-order valence-electron chi connectivity index (χ4n) is 2.38. The van der Waals surface area contributed by atoms with Crippen molar-refractivity contribution < 1.29 is 9.53 Å². The number of hydrogen-bond donors (Lipinski definition) is 1. The Balaban J connectivity index is 2.16. The first-order chi connectivity index (χ1) is 9.02. The van der Waals surface area contributed by atoms with Gasteiger partial charge in [-0.1, -0.05) is 20.8 Å². The van der Waals surface area contributed by atoms with Gasteiger partial charge in [0.1, 0.15) is 6.04 Å². The van der Waals surface area contributed by atoms with E-state index < -0.39 is 0 Å².